The lowest BCUT2D eigenvalue weighted by Gasteiger charge is -2.02. The second-order valence-electron chi connectivity index (χ2n) is 3.12. The zero-order valence-corrected chi connectivity index (χ0v) is 9.79. The van der Waals surface area contributed by atoms with E-state index in [0.29, 0.717) is 5.69 Å². The number of aromatic nitrogens is 4. The van der Waals surface area contributed by atoms with Crippen LogP contribution in [0.25, 0.3) is 11.4 Å². The summed E-state index contributed by atoms with van der Waals surface area (Å²) in [6.07, 6.45) is 1.31. The summed E-state index contributed by atoms with van der Waals surface area (Å²) in [6, 6.07) is 1.78. The lowest BCUT2D eigenvalue weighted by molar-refractivity contribution is 0.605. The average molecular weight is 271 g/mol. The van der Waals surface area contributed by atoms with Crippen LogP contribution in [0.2, 0.25) is 0 Å². The Kier molecular flexibility index (Phi) is 2.52. The van der Waals surface area contributed by atoms with E-state index in [2.05, 4.69) is 31.0 Å². The van der Waals surface area contributed by atoms with Gasteiger partial charge in [0.1, 0.15) is 16.6 Å². The highest BCUT2D eigenvalue weighted by molar-refractivity contribution is 9.10. The zero-order valence-electron chi connectivity index (χ0n) is 8.20. The Balaban J connectivity index is 2.64. The molecule has 0 fully saturated rings. The molecule has 78 valence electrons. The molecule has 15 heavy (non-hydrogen) atoms. The number of rotatable bonds is 1. The first kappa shape index (κ1) is 10.2. The van der Waals surface area contributed by atoms with Crippen LogP contribution in [0.4, 0.5) is 4.39 Å². The molecule has 2 heterocycles. The van der Waals surface area contributed by atoms with Gasteiger partial charge < -0.3 is 0 Å². The van der Waals surface area contributed by atoms with Gasteiger partial charge >= 0.3 is 0 Å². The first-order valence-electron chi connectivity index (χ1n) is 4.26. The Bertz CT molecular complexity index is 509. The summed E-state index contributed by atoms with van der Waals surface area (Å²) in [6.45, 7) is 1.84. The summed E-state index contributed by atoms with van der Waals surface area (Å²) in [7, 11) is 1.75. The molecule has 0 amide bonds. The third-order valence-electron chi connectivity index (χ3n) is 1.99. The predicted octanol–water partition coefficient (Wildman–Crippen LogP) is 2.09. The van der Waals surface area contributed by atoms with E-state index in [1.165, 1.54) is 6.33 Å². The molecule has 0 atom stereocenters. The van der Waals surface area contributed by atoms with Crippen molar-refractivity contribution >= 4 is 15.9 Å². The molecule has 4 nitrogen and oxygen atoms in total. The van der Waals surface area contributed by atoms with Crippen LogP contribution in [-0.4, -0.2) is 19.7 Å². The normalized spacial score (nSPS) is 10.7. The fourth-order valence-electron chi connectivity index (χ4n) is 1.36. The highest BCUT2D eigenvalue weighted by Crippen LogP contribution is 2.23. The van der Waals surface area contributed by atoms with Crippen LogP contribution in [0, 0.1) is 12.7 Å². The van der Waals surface area contributed by atoms with E-state index < -0.39 is 5.82 Å². The maximum Gasteiger partial charge on any atom is 0.183 e. The van der Waals surface area contributed by atoms with Gasteiger partial charge in [-0.2, -0.15) is 5.10 Å². The first-order chi connectivity index (χ1) is 7.09. The smallest absolute Gasteiger partial charge is 0.183 e. The van der Waals surface area contributed by atoms with Gasteiger partial charge in [0.2, 0.25) is 0 Å². The van der Waals surface area contributed by atoms with E-state index in [9.17, 15) is 4.39 Å². The Hall–Kier alpha value is -1.30. The molecule has 0 saturated heterocycles. The Morgan fingerprint density at radius 2 is 2.13 bits per heavy atom. The summed E-state index contributed by atoms with van der Waals surface area (Å²) < 4.78 is 15.4. The zero-order chi connectivity index (χ0) is 11.0. The Labute approximate surface area is 94.3 Å². The van der Waals surface area contributed by atoms with Gasteiger partial charge in [-0.3, -0.25) is 4.68 Å². The van der Waals surface area contributed by atoms with Crippen LogP contribution in [0.15, 0.2) is 17.0 Å². The van der Waals surface area contributed by atoms with Crippen molar-refractivity contribution in [1.82, 2.24) is 19.7 Å². The van der Waals surface area contributed by atoms with Crippen molar-refractivity contribution in [1.29, 1.82) is 0 Å². The van der Waals surface area contributed by atoms with Crippen molar-refractivity contribution in [2.24, 2.45) is 7.05 Å². The van der Waals surface area contributed by atoms with Crippen LogP contribution in [-0.2, 0) is 7.05 Å². The van der Waals surface area contributed by atoms with Crippen molar-refractivity contribution in [2.45, 2.75) is 6.92 Å². The molecule has 0 bridgehead atoms. The van der Waals surface area contributed by atoms with Crippen molar-refractivity contribution in [2.75, 3.05) is 0 Å². The minimum absolute atomic E-state index is 0.159. The lowest BCUT2D eigenvalue weighted by Crippen LogP contribution is -1.99. The van der Waals surface area contributed by atoms with Gasteiger partial charge in [-0.15, -0.1) is 0 Å². The Morgan fingerprint density at radius 3 is 2.73 bits per heavy atom. The summed E-state index contributed by atoms with van der Waals surface area (Å²) in [5.41, 5.74) is 1.70. The lowest BCUT2D eigenvalue weighted by atomic mass is 10.2. The van der Waals surface area contributed by atoms with Gasteiger partial charge in [-0.25, -0.2) is 14.4 Å². The van der Waals surface area contributed by atoms with Crippen LogP contribution >= 0.6 is 15.9 Å². The van der Waals surface area contributed by atoms with E-state index in [4.69, 9.17) is 0 Å². The number of hydrogen-bond acceptors (Lipinski definition) is 3. The second-order valence-corrected chi connectivity index (χ2v) is 3.87. The molecule has 2 aromatic heterocycles. The molecule has 0 aliphatic carbocycles. The Morgan fingerprint density at radius 1 is 1.40 bits per heavy atom. The van der Waals surface area contributed by atoms with E-state index >= 15 is 0 Å². The van der Waals surface area contributed by atoms with Gasteiger partial charge in [0.05, 0.1) is 11.4 Å². The largest absolute Gasteiger partial charge is 0.266 e. The van der Waals surface area contributed by atoms with Crippen molar-refractivity contribution in [3.05, 3.63) is 28.5 Å². The standard InChI is InChI=1S/C9H8BrFN4/c1-5-3-6(15(2)14-5)8-7(11)9(10)13-4-12-8/h3-4H,1-2H3. The molecule has 2 aromatic rings. The number of nitrogens with zero attached hydrogens (tertiary/aromatic N) is 4. The van der Waals surface area contributed by atoms with Gasteiger partial charge in [0.25, 0.3) is 0 Å². The van der Waals surface area contributed by atoms with Crippen molar-refractivity contribution in [3.8, 4) is 11.4 Å². The van der Waals surface area contributed by atoms with Gasteiger partial charge in [0.15, 0.2) is 5.82 Å². The van der Waals surface area contributed by atoms with Crippen LogP contribution in [0.5, 0.6) is 0 Å². The van der Waals surface area contributed by atoms with Gasteiger partial charge in [-0.1, -0.05) is 0 Å². The average Bonchev–Trinajstić information content (AvgIpc) is 2.50. The molecule has 2 rings (SSSR count). The van der Waals surface area contributed by atoms with E-state index in [0.717, 1.165) is 5.69 Å². The van der Waals surface area contributed by atoms with Crippen LogP contribution < -0.4 is 0 Å². The molecule has 6 heteroatoms. The summed E-state index contributed by atoms with van der Waals surface area (Å²) >= 11 is 3.02. The number of aryl methyl sites for hydroxylation is 2. The fraction of sp³-hybridized carbons (Fsp3) is 0.222. The first-order valence-corrected chi connectivity index (χ1v) is 5.06. The van der Waals surface area contributed by atoms with Gasteiger partial charge in [-0.05, 0) is 28.9 Å². The molecule has 0 aliphatic rings. The van der Waals surface area contributed by atoms with Crippen molar-refractivity contribution < 1.29 is 4.39 Å². The maximum atomic E-state index is 13.7. The second kappa shape index (κ2) is 3.69. The molecule has 0 saturated carbocycles. The molecule has 0 aliphatic heterocycles. The van der Waals surface area contributed by atoms with Crippen molar-refractivity contribution in [3.63, 3.8) is 0 Å². The molecule has 0 N–H and O–H groups in total. The highest BCUT2D eigenvalue weighted by atomic mass is 79.9. The SMILES string of the molecule is Cc1cc(-c2ncnc(Br)c2F)n(C)n1. The van der Waals surface area contributed by atoms with Gasteiger partial charge in [0, 0.05) is 7.05 Å². The summed E-state index contributed by atoms with van der Waals surface area (Å²) in [4.78, 5) is 7.61. The number of halogens is 2. The highest BCUT2D eigenvalue weighted by Gasteiger charge is 2.14. The molecule has 0 spiro atoms. The van der Waals surface area contributed by atoms with E-state index in [1.54, 1.807) is 17.8 Å². The summed E-state index contributed by atoms with van der Waals surface area (Å²) in [5, 5.41) is 4.13. The monoisotopic (exact) mass is 270 g/mol. The molecule has 0 aromatic carbocycles. The van der Waals surface area contributed by atoms with E-state index in [-0.39, 0.29) is 10.3 Å². The number of hydrogen-bond donors (Lipinski definition) is 0. The third kappa shape index (κ3) is 1.77. The quantitative estimate of drug-likeness (QED) is 0.746. The minimum atomic E-state index is -0.472. The molecule has 0 unspecified atom stereocenters. The predicted molar refractivity (Wildman–Crippen MR) is 56.6 cm³/mol. The molecular formula is C9H8BrFN4. The van der Waals surface area contributed by atoms with Crippen LogP contribution in [0.1, 0.15) is 5.69 Å². The van der Waals surface area contributed by atoms with E-state index in [1.807, 2.05) is 6.92 Å². The molecular weight excluding hydrogens is 263 g/mol. The van der Waals surface area contributed by atoms with Crippen LogP contribution in [0.3, 0.4) is 0 Å². The minimum Gasteiger partial charge on any atom is -0.266 e. The fourth-order valence-corrected chi connectivity index (χ4v) is 1.64. The topological polar surface area (TPSA) is 43.6 Å². The maximum absolute atomic E-state index is 13.7. The molecule has 0 radical (unpaired) electrons. The third-order valence-corrected chi connectivity index (χ3v) is 2.54. The summed E-state index contributed by atoms with van der Waals surface area (Å²) in [5.74, 6) is -0.472.